The molecule has 0 unspecified atom stereocenters. The second-order valence-electron chi connectivity index (χ2n) is 5.06. The first-order valence-electron chi connectivity index (χ1n) is 7.02. The molecule has 0 saturated heterocycles. The van der Waals surface area contributed by atoms with Crippen LogP contribution in [0.25, 0.3) is 22.4 Å². The van der Waals surface area contributed by atoms with E-state index in [9.17, 15) is 5.21 Å². The molecule has 0 aliphatic heterocycles. The summed E-state index contributed by atoms with van der Waals surface area (Å²) in [6.45, 7) is 0. The molecule has 4 nitrogen and oxygen atoms in total. The van der Waals surface area contributed by atoms with Crippen LogP contribution in [0.3, 0.4) is 0 Å². The molecule has 5 heteroatoms. The number of aromatic nitrogens is 1. The topological polar surface area (TPSA) is 62.2 Å². The van der Waals surface area contributed by atoms with Gasteiger partial charge in [-0.25, -0.2) is 0 Å². The summed E-state index contributed by atoms with van der Waals surface area (Å²) in [5.41, 5.74) is 9.39. The minimum atomic E-state index is 0.390. The molecule has 2 aromatic carbocycles. The van der Waals surface area contributed by atoms with E-state index in [1.165, 1.54) is 6.20 Å². The van der Waals surface area contributed by atoms with E-state index >= 15 is 0 Å². The zero-order valence-corrected chi connectivity index (χ0v) is 13.2. The molecular weight excluding hydrogens is 312 g/mol. The molecule has 0 spiro atoms. The fourth-order valence-corrected chi connectivity index (χ4v) is 2.70. The van der Waals surface area contributed by atoms with E-state index in [2.05, 4.69) is 0 Å². The van der Waals surface area contributed by atoms with Crippen molar-refractivity contribution in [1.29, 1.82) is 0 Å². The average molecular weight is 327 g/mol. The second kappa shape index (κ2) is 6.18. The van der Waals surface area contributed by atoms with Crippen LogP contribution in [-0.4, -0.2) is 7.11 Å². The van der Waals surface area contributed by atoms with E-state index in [1.807, 2.05) is 36.4 Å². The smallest absolute Gasteiger partial charge is 0.247 e. The first-order valence-corrected chi connectivity index (χ1v) is 7.40. The Hall–Kier alpha value is -2.72. The fourth-order valence-electron chi connectivity index (χ4n) is 2.51. The Bertz CT molecular complexity index is 865. The Morgan fingerprint density at radius 2 is 1.78 bits per heavy atom. The van der Waals surface area contributed by atoms with Gasteiger partial charge in [-0.2, -0.15) is 4.73 Å². The Kier molecular flexibility index (Phi) is 4.08. The maximum atomic E-state index is 12.3. The first kappa shape index (κ1) is 15.2. The number of rotatable bonds is 3. The van der Waals surface area contributed by atoms with E-state index in [4.69, 9.17) is 22.1 Å². The molecule has 0 atom stereocenters. The Labute approximate surface area is 139 Å². The van der Waals surface area contributed by atoms with Crippen LogP contribution in [0.5, 0.6) is 5.75 Å². The summed E-state index contributed by atoms with van der Waals surface area (Å²) in [6.07, 6.45) is 1.45. The number of benzene rings is 2. The van der Waals surface area contributed by atoms with Crippen LogP contribution in [0.1, 0.15) is 0 Å². The van der Waals surface area contributed by atoms with Crippen molar-refractivity contribution in [2.75, 3.05) is 12.8 Å². The highest BCUT2D eigenvalue weighted by molar-refractivity contribution is 6.30. The minimum Gasteiger partial charge on any atom is -0.618 e. The highest BCUT2D eigenvalue weighted by atomic mass is 35.5. The van der Waals surface area contributed by atoms with Crippen molar-refractivity contribution >= 4 is 17.3 Å². The molecule has 2 N–H and O–H groups in total. The van der Waals surface area contributed by atoms with Crippen molar-refractivity contribution in [3.05, 3.63) is 71.0 Å². The number of nitrogens with zero attached hydrogens (tertiary/aromatic N) is 1. The zero-order chi connectivity index (χ0) is 16.4. The molecule has 1 aromatic heterocycles. The lowest BCUT2D eigenvalue weighted by molar-refractivity contribution is -0.592. The summed E-state index contributed by atoms with van der Waals surface area (Å²) < 4.78 is 5.98. The Morgan fingerprint density at radius 3 is 2.52 bits per heavy atom. The van der Waals surface area contributed by atoms with E-state index in [1.54, 1.807) is 25.3 Å². The monoisotopic (exact) mass is 326 g/mol. The van der Waals surface area contributed by atoms with E-state index in [0.29, 0.717) is 27.7 Å². The van der Waals surface area contributed by atoms with E-state index < -0.39 is 0 Å². The van der Waals surface area contributed by atoms with Gasteiger partial charge in [-0.05, 0) is 35.9 Å². The summed E-state index contributed by atoms with van der Waals surface area (Å²) in [5.74, 6) is 0.662. The van der Waals surface area contributed by atoms with E-state index in [-0.39, 0.29) is 0 Å². The predicted molar refractivity (Wildman–Crippen MR) is 92.2 cm³/mol. The number of hydrogen-bond donors (Lipinski definition) is 1. The third kappa shape index (κ3) is 2.94. The van der Waals surface area contributed by atoms with Gasteiger partial charge >= 0.3 is 0 Å². The van der Waals surface area contributed by atoms with Crippen molar-refractivity contribution in [3.63, 3.8) is 0 Å². The summed E-state index contributed by atoms with van der Waals surface area (Å²) >= 11 is 6.05. The molecule has 0 saturated carbocycles. The SMILES string of the molecule is COc1cccc(-c2c(N)c(-c3cccc(Cl)c3)cc[n+]2[O-])c1. The average Bonchev–Trinajstić information content (AvgIpc) is 2.55. The second-order valence-corrected chi connectivity index (χ2v) is 5.50. The van der Waals surface area contributed by atoms with Crippen molar-refractivity contribution in [2.24, 2.45) is 0 Å². The largest absolute Gasteiger partial charge is 0.618 e. The molecule has 3 rings (SSSR count). The van der Waals surface area contributed by atoms with Crippen LogP contribution in [0.2, 0.25) is 5.02 Å². The molecule has 0 bridgehead atoms. The highest BCUT2D eigenvalue weighted by Gasteiger charge is 2.18. The van der Waals surface area contributed by atoms with Crippen LogP contribution in [0, 0.1) is 5.21 Å². The van der Waals surface area contributed by atoms with Crippen LogP contribution >= 0.6 is 11.6 Å². The number of nitrogen functional groups attached to an aromatic ring is 1. The third-order valence-corrected chi connectivity index (χ3v) is 3.86. The summed E-state index contributed by atoms with van der Waals surface area (Å²) in [6, 6.07) is 16.3. The van der Waals surface area contributed by atoms with Gasteiger partial charge in [0.1, 0.15) is 11.4 Å². The summed E-state index contributed by atoms with van der Waals surface area (Å²) in [4.78, 5) is 0. The standard InChI is InChI=1S/C18H15ClN2O2/c1-23-15-7-3-5-13(11-15)18-17(20)16(8-9-21(18)22)12-4-2-6-14(19)10-12/h2-11H,20H2,1H3. The van der Waals surface area contributed by atoms with Crippen LogP contribution < -0.4 is 15.2 Å². The van der Waals surface area contributed by atoms with Gasteiger partial charge in [0.25, 0.3) is 0 Å². The number of nitrogens with two attached hydrogens (primary N) is 1. The molecule has 23 heavy (non-hydrogen) atoms. The molecule has 0 aliphatic rings. The normalized spacial score (nSPS) is 10.5. The van der Waals surface area contributed by atoms with Crippen LogP contribution in [0.4, 0.5) is 5.69 Å². The Balaban J connectivity index is 2.20. The maximum absolute atomic E-state index is 12.3. The molecule has 116 valence electrons. The third-order valence-electron chi connectivity index (χ3n) is 3.62. The lowest BCUT2D eigenvalue weighted by Crippen LogP contribution is -2.29. The first-order chi connectivity index (χ1) is 11.1. The Morgan fingerprint density at radius 1 is 1.04 bits per heavy atom. The fraction of sp³-hybridized carbons (Fsp3) is 0.0556. The molecule has 0 aliphatic carbocycles. The number of ether oxygens (including phenoxy) is 1. The number of halogens is 1. The summed E-state index contributed by atoms with van der Waals surface area (Å²) in [7, 11) is 1.58. The lowest BCUT2D eigenvalue weighted by Gasteiger charge is -2.12. The maximum Gasteiger partial charge on any atom is 0.247 e. The van der Waals surface area contributed by atoms with Gasteiger partial charge in [-0.1, -0.05) is 29.8 Å². The summed E-state index contributed by atoms with van der Waals surface area (Å²) in [5, 5.41) is 12.9. The highest BCUT2D eigenvalue weighted by Crippen LogP contribution is 2.34. The van der Waals surface area contributed by atoms with Gasteiger partial charge in [0.2, 0.25) is 5.69 Å². The number of pyridine rings is 1. The van der Waals surface area contributed by atoms with Crippen molar-refractivity contribution < 1.29 is 9.47 Å². The molecule has 0 amide bonds. The van der Waals surface area contributed by atoms with E-state index in [0.717, 1.165) is 15.9 Å². The minimum absolute atomic E-state index is 0.390. The molecule has 0 radical (unpaired) electrons. The van der Waals surface area contributed by atoms with Gasteiger partial charge in [0, 0.05) is 16.7 Å². The molecule has 0 fully saturated rings. The van der Waals surface area contributed by atoms with Gasteiger partial charge in [-0.15, -0.1) is 0 Å². The van der Waals surface area contributed by atoms with Crippen LogP contribution in [0.15, 0.2) is 60.8 Å². The molecule has 3 aromatic rings. The predicted octanol–water partition coefficient (Wildman–Crippen LogP) is 3.90. The number of anilines is 1. The van der Waals surface area contributed by atoms with Crippen molar-refractivity contribution in [3.8, 4) is 28.1 Å². The van der Waals surface area contributed by atoms with Gasteiger partial charge in [0.15, 0.2) is 6.20 Å². The quantitative estimate of drug-likeness (QED) is 0.586. The van der Waals surface area contributed by atoms with Crippen molar-refractivity contribution in [1.82, 2.24) is 0 Å². The van der Waals surface area contributed by atoms with Gasteiger partial charge in [0.05, 0.1) is 12.7 Å². The van der Waals surface area contributed by atoms with Crippen LogP contribution in [-0.2, 0) is 0 Å². The molecular formula is C18H15ClN2O2. The number of hydrogen-bond acceptors (Lipinski definition) is 3. The molecule has 1 heterocycles. The van der Waals surface area contributed by atoms with Gasteiger partial charge in [-0.3, -0.25) is 0 Å². The van der Waals surface area contributed by atoms with Gasteiger partial charge < -0.3 is 15.7 Å². The lowest BCUT2D eigenvalue weighted by atomic mass is 10.0. The number of methoxy groups -OCH3 is 1. The zero-order valence-electron chi connectivity index (χ0n) is 12.5. The van der Waals surface area contributed by atoms with Crippen molar-refractivity contribution in [2.45, 2.75) is 0 Å².